The minimum absolute atomic E-state index is 0.0260. The van der Waals surface area contributed by atoms with E-state index in [2.05, 4.69) is 10.6 Å². The average Bonchev–Trinajstić information content (AvgIpc) is 2.34. The maximum atomic E-state index is 11.6. The smallest absolute Gasteiger partial charge is 0.226 e. The zero-order valence-corrected chi connectivity index (χ0v) is 12.4. The Labute approximate surface area is 115 Å². The summed E-state index contributed by atoms with van der Waals surface area (Å²) in [7, 11) is 1.65. The van der Waals surface area contributed by atoms with Crippen LogP contribution in [0.15, 0.2) is 12.1 Å². The van der Waals surface area contributed by atoms with Crippen molar-refractivity contribution in [1.82, 2.24) is 10.6 Å². The lowest BCUT2D eigenvalue weighted by atomic mass is 9.92. The van der Waals surface area contributed by atoms with Crippen LogP contribution in [0.2, 0.25) is 0 Å². The van der Waals surface area contributed by atoms with Gasteiger partial charge in [-0.15, -0.1) is 0 Å². The molecule has 0 aliphatic heterocycles. The molecule has 0 aliphatic carbocycles. The van der Waals surface area contributed by atoms with Crippen LogP contribution in [0, 0.1) is 19.3 Å². The van der Waals surface area contributed by atoms with Gasteiger partial charge in [-0.2, -0.15) is 0 Å². The number of amides is 1. The van der Waals surface area contributed by atoms with Crippen LogP contribution < -0.4 is 10.6 Å². The van der Waals surface area contributed by atoms with Crippen molar-refractivity contribution < 1.29 is 9.90 Å². The molecule has 0 bridgehead atoms. The minimum Gasteiger partial charge on any atom is -0.507 e. The molecule has 0 aromatic heterocycles. The zero-order chi connectivity index (χ0) is 14.6. The van der Waals surface area contributed by atoms with E-state index in [1.165, 1.54) is 0 Å². The van der Waals surface area contributed by atoms with Crippen LogP contribution in [0.4, 0.5) is 0 Å². The zero-order valence-electron chi connectivity index (χ0n) is 12.4. The van der Waals surface area contributed by atoms with Crippen LogP contribution >= 0.6 is 0 Å². The monoisotopic (exact) mass is 264 g/mol. The van der Waals surface area contributed by atoms with E-state index in [4.69, 9.17) is 0 Å². The van der Waals surface area contributed by atoms with Crippen molar-refractivity contribution in [2.75, 3.05) is 13.6 Å². The molecule has 1 rings (SSSR count). The SMILES string of the molecule is CNC(=O)C(C)(C)CNCc1cc(C)c(O)c(C)c1. The highest BCUT2D eigenvalue weighted by atomic mass is 16.3. The van der Waals surface area contributed by atoms with E-state index >= 15 is 0 Å². The fourth-order valence-corrected chi connectivity index (χ4v) is 2.09. The summed E-state index contributed by atoms with van der Waals surface area (Å²) in [6.45, 7) is 8.88. The lowest BCUT2D eigenvalue weighted by Gasteiger charge is -2.23. The molecule has 0 aliphatic rings. The van der Waals surface area contributed by atoms with E-state index in [1.807, 2.05) is 39.8 Å². The topological polar surface area (TPSA) is 61.4 Å². The predicted molar refractivity (Wildman–Crippen MR) is 77.1 cm³/mol. The third-order valence-electron chi connectivity index (χ3n) is 3.29. The van der Waals surface area contributed by atoms with Gasteiger partial charge >= 0.3 is 0 Å². The molecule has 0 spiro atoms. The van der Waals surface area contributed by atoms with Gasteiger partial charge in [0.1, 0.15) is 5.75 Å². The molecule has 19 heavy (non-hydrogen) atoms. The van der Waals surface area contributed by atoms with E-state index < -0.39 is 5.41 Å². The second-order valence-electron chi connectivity index (χ2n) is 5.64. The summed E-state index contributed by atoms with van der Waals surface area (Å²) in [6, 6.07) is 3.92. The van der Waals surface area contributed by atoms with Crippen molar-refractivity contribution in [1.29, 1.82) is 0 Å². The number of aryl methyl sites for hydroxylation is 2. The first-order valence-electron chi connectivity index (χ1n) is 6.50. The number of phenols is 1. The van der Waals surface area contributed by atoms with E-state index in [0.717, 1.165) is 16.7 Å². The fraction of sp³-hybridized carbons (Fsp3) is 0.533. The molecule has 0 heterocycles. The van der Waals surface area contributed by atoms with Crippen molar-refractivity contribution >= 4 is 5.91 Å². The number of nitrogens with one attached hydrogen (secondary N) is 2. The van der Waals surface area contributed by atoms with Crippen LogP contribution in [0.3, 0.4) is 0 Å². The summed E-state index contributed by atoms with van der Waals surface area (Å²) in [4.78, 5) is 11.6. The number of hydrogen-bond donors (Lipinski definition) is 3. The molecule has 4 nitrogen and oxygen atoms in total. The lowest BCUT2D eigenvalue weighted by molar-refractivity contribution is -0.128. The van der Waals surface area contributed by atoms with Gasteiger partial charge < -0.3 is 15.7 Å². The van der Waals surface area contributed by atoms with Gasteiger partial charge in [0.15, 0.2) is 0 Å². The molecule has 0 saturated heterocycles. The Kier molecular flexibility index (Phi) is 4.95. The molecule has 1 amide bonds. The van der Waals surface area contributed by atoms with Gasteiger partial charge in [0.25, 0.3) is 0 Å². The Morgan fingerprint density at radius 2 is 1.79 bits per heavy atom. The highest BCUT2D eigenvalue weighted by Gasteiger charge is 2.25. The van der Waals surface area contributed by atoms with E-state index in [-0.39, 0.29) is 5.91 Å². The summed E-state index contributed by atoms with van der Waals surface area (Å²) in [6.07, 6.45) is 0. The van der Waals surface area contributed by atoms with Crippen molar-refractivity contribution in [3.8, 4) is 5.75 Å². The van der Waals surface area contributed by atoms with Gasteiger partial charge in [-0.05, 0) is 44.4 Å². The Morgan fingerprint density at radius 3 is 2.26 bits per heavy atom. The summed E-state index contributed by atoms with van der Waals surface area (Å²) in [5.74, 6) is 0.382. The Balaban J connectivity index is 2.61. The van der Waals surface area contributed by atoms with E-state index in [0.29, 0.717) is 18.8 Å². The van der Waals surface area contributed by atoms with Gasteiger partial charge in [0, 0.05) is 20.1 Å². The second kappa shape index (κ2) is 6.06. The van der Waals surface area contributed by atoms with Gasteiger partial charge in [-0.25, -0.2) is 0 Å². The van der Waals surface area contributed by atoms with Crippen molar-refractivity contribution in [3.63, 3.8) is 0 Å². The van der Waals surface area contributed by atoms with Crippen LogP contribution in [-0.4, -0.2) is 24.6 Å². The predicted octanol–water partition coefficient (Wildman–Crippen LogP) is 1.87. The summed E-state index contributed by atoms with van der Waals surface area (Å²) < 4.78 is 0. The molecule has 0 unspecified atom stereocenters. The van der Waals surface area contributed by atoms with Crippen LogP contribution in [0.25, 0.3) is 0 Å². The molecule has 1 aromatic rings. The summed E-state index contributed by atoms with van der Waals surface area (Å²) in [5, 5.41) is 15.7. The first-order chi connectivity index (χ1) is 8.77. The maximum absolute atomic E-state index is 11.6. The number of hydrogen-bond acceptors (Lipinski definition) is 3. The van der Waals surface area contributed by atoms with Crippen LogP contribution in [-0.2, 0) is 11.3 Å². The number of rotatable bonds is 5. The molecule has 4 heteroatoms. The Morgan fingerprint density at radius 1 is 1.26 bits per heavy atom. The molecule has 0 atom stereocenters. The summed E-state index contributed by atoms with van der Waals surface area (Å²) in [5.41, 5.74) is 2.43. The number of aromatic hydroxyl groups is 1. The van der Waals surface area contributed by atoms with Gasteiger partial charge in [0.05, 0.1) is 5.41 Å². The number of carbonyl (C=O) groups is 1. The van der Waals surface area contributed by atoms with Crippen molar-refractivity contribution in [2.24, 2.45) is 5.41 Å². The van der Waals surface area contributed by atoms with Gasteiger partial charge in [-0.3, -0.25) is 4.79 Å². The van der Waals surface area contributed by atoms with Crippen molar-refractivity contribution in [3.05, 3.63) is 28.8 Å². The van der Waals surface area contributed by atoms with Crippen LogP contribution in [0.1, 0.15) is 30.5 Å². The fourth-order valence-electron chi connectivity index (χ4n) is 2.09. The van der Waals surface area contributed by atoms with Crippen LogP contribution in [0.5, 0.6) is 5.75 Å². The molecular formula is C15H24N2O2. The summed E-state index contributed by atoms with van der Waals surface area (Å²) >= 11 is 0. The normalized spacial score (nSPS) is 11.4. The highest BCUT2D eigenvalue weighted by molar-refractivity contribution is 5.81. The molecule has 0 saturated carbocycles. The highest BCUT2D eigenvalue weighted by Crippen LogP contribution is 2.23. The molecule has 1 aromatic carbocycles. The third kappa shape index (κ3) is 3.96. The Bertz CT molecular complexity index is 444. The number of benzene rings is 1. The Hall–Kier alpha value is -1.55. The minimum atomic E-state index is -0.435. The molecular weight excluding hydrogens is 240 g/mol. The first-order valence-corrected chi connectivity index (χ1v) is 6.50. The standard InChI is InChI=1S/C15H24N2O2/c1-10-6-12(7-11(2)13(10)18)8-17-9-15(3,4)14(19)16-5/h6-7,17-18H,8-9H2,1-5H3,(H,16,19). The molecule has 3 N–H and O–H groups in total. The maximum Gasteiger partial charge on any atom is 0.226 e. The van der Waals surface area contributed by atoms with Crippen molar-refractivity contribution in [2.45, 2.75) is 34.2 Å². The third-order valence-corrected chi connectivity index (χ3v) is 3.29. The molecule has 106 valence electrons. The number of phenolic OH excluding ortho intramolecular Hbond substituents is 1. The average molecular weight is 264 g/mol. The molecule has 0 fully saturated rings. The van der Waals surface area contributed by atoms with Gasteiger partial charge in [0.2, 0.25) is 5.91 Å². The molecule has 0 radical (unpaired) electrons. The van der Waals surface area contributed by atoms with E-state index in [1.54, 1.807) is 7.05 Å². The second-order valence-corrected chi connectivity index (χ2v) is 5.64. The first kappa shape index (κ1) is 15.5. The largest absolute Gasteiger partial charge is 0.507 e. The van der Waals surface area contributed by atoms with Gasteiger partial charge in [-0.1, -0.05) is 12.1 Å². The lowest BCUT2D eigenvalue weighted by Crippen LogP contribution is -2.41. The van der Waals surface area contributed by atoms with E-state index in [9.17, 15) is 9.90 Å². The number of carbonyl (C=O) groups excluding carboxylic acids is 1. The quantitative estimate of drug-likeness (QED) is 0.761.